The van der Waals surface area contributed by atoms with Crippen LogP contribution in [0, 0.1) is 19.3 Å². The number of halogens is 1. The minimum absolute atomic E-state index is 0. The molecular formula is C13H25ClN2S. The van der Waals surface area contributed by atoms with Crippen LogP contribution in [0.1, 0.15) is 29.2 Å². The highest BCUT2D eigenvalue weighted by Crippen LogP contribution is 2.23. The van der Waals surface area contributed by atoms with Crippen molar-refractivity contribution in [1.29, 1.82) is 0 Å². The summed E-state index contributed by atoms with van der Waals surface area (Å²) < 4.78 is 0. The van der Waals surface area contributed by atoms with Gasteiger partial charge in [-0.1, -0.05) is 13.8 Å². The van der Waals surface area contributed by atoms with Crippen LogP contribution in [0.2, 0.25) is 0 Å². The molecule has 0 bridgehead atoms. The second-order valence-electron chi connectivity index (χ2n) is 5.48. The lowest BCUT2D eigenvalue weighted by Crippen LogP contribution is -2.36. The van der Waals surface area contributed by atoms with Crippen molar-refractivity contribution >= 4 is 23.7 Å². The zero-order valence-electron chi connectivity index (χ0n) is 11.5. The van der Waals surface area contributed by atoms with Gasteiger partial charge in [0.05, 0.1) is 0 Å². The molecule has 0 atom stereocenters. The third-order valence-electron chi connectivity index (χ3n) is 2.83. The zero-order valence-corrected chi connectivity index (χ0v) is 13.2. The summed E-state index contributed by atoms with van der Waals surface area (Å²) >= 11 is 1.88. The van der Waals surface area contributed by atoms with E-state index in [1.165, 1.54) is 15.3 Å². The molecule has 0 amide bonds. The summed E-state index contributed by atoms with van der Waals surface area (Å²) in [5.74, 6) is 0. The van der Waals surface area contributed by atoms with Crippen molar-refractivity contribution in [2.75, 3.05) is 20.1 Å². The van der Waals surface area contributed by atoms with Gasteiger partial charge in [-0.2, -0.15) is 0 Å². The summed E-state index contributed by atoms with van der Waals surface area (Å²) in [6.07, 6.45) is 0. The number of hydrogen-bond acceptors (Lipinski definition) is 3. The van der Waals surface area contributed by atoms with Gasteiger partial charge >= 0.3 is 0 Å². The van der Waals surface area contributed by atoms with E-state index in [9.17, 15) is 0 Å². The molecule has 0 aromatic carbocycles. The number of nitrogens with zero attached hydrogens (tertiary/aromatic N) is 1. The number of hydrogen-bond donors (Lipinski definition) is 1. The summed E-state index contributed by atoms with van der Waals surface area (Å²) in [5.41, 5.74) is 7.42. The van der Waals surface area contributed by atoms with Gasteiger partial charge in [0, 0.05) is 22.8 Å². The molecule has 1 heterocycles. The predicted molar refractivity (Wildman–Crippen MR) is 80.2 cm³/mol. The van der Waals surface area contributed by atoms with Crippen molar-refractivity contribution in [2.45, 2.75) is 34.2 Å². The van der Waals surface area contributed by atoms with E-state index < -0.39 is 0 Å². The third kappa shape index (κ3) is 5.38. The van der Waals surface area contributed by atoms with Gasteiger partial charge in [-0.05, 0) is 44.5 Å². The van der Waals surface area contributed by atoms with Gasteiger partial charge in [0.15, 0.2) is 0 Å². The average Bonchev–Trinajstić information content (AvgIpc) is 2.44. The van der Waals surface area contributed by atoms with Crippen molar-refractivity contribution in [3.63, 3.8) is 0 Å². The van der Waals surface area contributed by atoms with Crippen LogP contribution in [-0.2, 0) is 6.54 Å². The van der Waals surface area contributed by atoms with Crippen molar-refractivity contribution in [1.82, 2.24) is 4.90 Å². The minimum Gasteiger partial charge on any atom is -0.330 e. The standard InChI is InChI=1S/C13H24N2S.ClH/c1-10-6-12(11(2)16-10)7-15(5)9-13(3,4)8-14;/h6H,7-9,14H2,1-5H3;1H. The number of rotatable bonds is 5. The summed E-state index contributed by atoms with van der Waals surface area (Å²) in [6, 6.07) is 2.30. The van der Waals surface area contributed by atoms with Crippen molar-refractivity contribution < 1.29 is 0 Å². The van der Waals surface area contributed by atoms with E-state index >= 15 is 0 Å². The highest BCUT2D eigenvalue weighted by molar-refractivity contribution is 7.12. The van der Waals surface area contributed by atoms with Gasteiger partial charge in [0.1, 0.15) is 0 Å². The highest BCUT2D eigenvalue weighted by Gasteiger charge is 2.18. The topological polar surface area (TPSA) is 29.3 Å². The molecule has 0 unspecified atom stereocenters. The Balaban J connectivity index is 0.00000256. The molecule has 0 spiro atoms. The van der Waals surface area contributed by atoms with Crippen LogP contribution < -0.4 is 5.73 Å². The predicted octanol–water partition coefficient (Wildman–Crippen LogP) is 3.20. The van der Waals surface area contributed by atoms with Gasteiger partial charge in [-0.25, -0.2) is 0 Å². The van der Waals surface area contributed by atoms with E-state index in [1.54, 1.807) is 0 Å². The summed E-state index contributed by atoms with van der Waals surface area (Å²) in [4.78, 5) is 5.20. The van der Waals surface area contributed by atoms with Crippen molar-refractivity contribution in [2.24, 2.45) is 11.1 Å². The fourth-order valence-corrected chi connectivity index (χ4v) is 2.92. The number of aryl methyl sites for hydroxylation is 2. The maximum Gasteiger partial charge on any atom is 0.0241 e. The molecule has 2 N–H and O–H groups in total. The molecule has 1 aromatic rings. The quantitative estimate of drug-likeness (QED) is 0.895. The Morgan fingerprint density at radius 1 is 1.35 bits per heavy atom. The number of thiophene rings is 1. The molecule has 0 aliphatic carbocycles. The Hall–Kier alpha value is -0.0900. The molecule has 0 saturated heterocycles. The fourth-order valence-electron chi connectivity index (χ4n) is 1.98. The maximum absolute atomic E-state index is 5.76. The van der Waals surface area contributed by atoms with E-state index in [0.717, 1.165) is 19.6 Å². The van der Waals surface area contributed by atoms with E-state index in [2.05, 4.69) is 45.7 Å². The first kappa shape index (κ1) is 16.9. The minimum atomic E-state index is 0. The Morgan fingerprint density at radius 2 is 1.94 bits per heavy atom. The lowest BCUT2D eigenvalue weighted by molar-refractivity contribution is 0.210. The normalized spacial score (nSPS) is 11.7. The monoisotopic (exact) mass is 276 g/mol. The molecule has 1 aromatic heterocycles. The Morgan fingerprint density at radius 3 is 2.35 bits per heavy atom. The SMILES string of the molecule is Cc1cc(CN(C)CC(C)(C)CN)c(C)s1.Cl. The van der Waals surface area contributed by atoms with E-state index in [4.69, 9.17) is 5.73 Å². The second-order valence-corrected chi connectivity index (χ2v) is 6.94. The van der Waals surface area contributed by atoms with Crippen LogP contribution >= 0.6 is 23.7 Å². The molecule has 2 nitrogen and oxygen atoms in total. The van der Waals surface area contributed by atoms with E-state index in [1.807, 2.05) is 11.3 Å². The van der Waals surface area contributed by atoms with Crippen LogP contribution in [0.25, 0.3) is 0 Å². The molecule has 0 aliphatic heterocycles. The largest absolute Gasteiger partial charge is 0.330 e. The van der Waals surface area contributed by atoms with E-state index in [-0.39, 0.29) is 17.8 Å². The molecule has 0 aliphatic rings. The molecular weight excluding hydrogens is 252 g/mol. The second kappa shape index (κ2) is 6.74. The molecule has 0 saturated carbocycles. The molecule has 0 fully saturated rings. The molecule has 100 valence electrons. The van der Waals surface area contributed by atoms with Gasteiger partial charge in [-0.3, -0.25) is 0 Å². The van der Waals surface area contributed by atoms with Gasteiger partial charge in [0.2, 0.25) is 0 Å². The molecule has 0 radical (unpaired) electrons. The van der Waals surface area contributed by atoms with Crippen LogP contribution in [0.4, 0.5) is 0 Å². The van der Waals surface area contributed by atoms with Crippen LogP contribution in [-0.4, -0.2) is 25.0 Å². The van der Waals surface area contributed by atoms with Gasteiger partial charge < -0.3 is 10.6 Å². The first-order chi connectivity index (χ1) is 7.34. The first-order valence-electron chi connectivity index (χ1n) is 5.78. The lowest BCUT2D eigenvalue weighted by Gasteiger charge is -2.28. The first-order valence-corrected chi connectivity index (χ1v) is 6.60. The van der Waals surface area contributed by atoms with Gasteiger partial charge in [0.25, 0.3) is 0 Å². The maximum atomic E-state index is 5.76. The van der Waals surface area contributed by atoms with Crippen LogP contribution in [0.3, 0.4) is 0 Å². The molecule has 1 rings (SSSR count). The Labute approximate surface area is 116 Å². The van der Waals surface area contributed by atoms with Crippen LogP contribution in [0.15, 0.2) is 6.07 Å². The smallest absolute Gasteiger partial charge is 0.0241 e. The Bertz CT molecular complexity index is 347. The molecule has 4 heteroatoms. The highest BCUT2D eigenvalue weighted by atomic mass is 35.5. The third-order valence-corrected chi connectivity index (χ3v) is 3.84. The van der Waals surface area contributed by atoms with Crippen LogP contribution in [0.5, 0.6) is 0 Å². The molecule has 17 heavy (non-hydrogen) atoms. The van der Waals surface area contributed by atoms with Gasteiger partial charge in [-0.15, -0.1) is 23.7 Å². The average molecular weight is 277 g/mol. The van der Waals surface area contributed by atoms with E-state index in [0.29, 0.717) is 0 Å². The lowest BCUT2D eigenvalue weighted by atomic mass is 9.93. The summed E-state index contributed by atoms with van der Waals surface area (Å²) in [7, 11) is 2.17. The number of nitrogens with two attached hydrogens (primary N) is 1. The summed E-state index contributed by atoms with van der Waals surface area (Å²) in [5, 5.41) is 0. The van der Waals surface area contributed by atoms with Crippen molar-refractivity contribution in [3.8, 4) is 0 Å². The fraction of sp³-hybridized carbons (Fsp3) is 0.692. The van der Waals surface area contributed by atoms with Crippen molar-refractivity contribution in [3.05, 3.63) is 21.4 Å². The zero-order chi connectivity index (χ0) is 12.3. The Kier molecular flexibility index (Phi) is 6.70. The summed E-state index contributed by atoms with van der Waals surface area (Å²) in [6.45, 7) is 11.6.